The van der Waals surface area contributed by atoms with E-state index in [1.54, 1.807) is 0 Å². The molecule has 15 heavy (non-hydrogen) atoms. The van der Waals surface area contributed by atoms with Gasteiger partial charge in [0.2, 0.25) is 0 Å². The third-order valence-electron chi connectivity index (χ3n) is 3.18. The Labute approximate surface area is 90.6 Å². The van der Waals surface area contributed by atoms with Crippen molar-refractivity contribution < 1.29 is 18.3 Å². The first-order valence-electron chi connectivity index (χ1n) is 5.27. The van der Waals surface area contributed by atoms with E-state index in [2.05, 4.69) is 0 Å². The van der Waals surface area contributed by atoms with Gasteiger partial charge in [-0.2, -0.15) is 0 Å². The summed E-state index contributed by atoms with van der Waals surface area (Å²) < 4.78 is 21.9. The minimum absolute atomic E-state index is 0.0992. The highest BCUT2D eigenvalue weighted by Gasteiger charge is 2.40. The summed E-state index contributed by atoms with van der Waals surface area (Å²) >= 11 is 0. The minimum atomic E-state index is -2.96. The monoisotopic (exact) mass is 234 g/mol. The van der Waals surface area contributed by atoms with Gasteiger partial charge in [-0.3, -0.25) is 4.79 Å². The van der Waals surface area contributed by atoms with Gasteiger partial charge in [0.05, 0.1) is 5.41 Å². The average molecular weight is 234 g/mol. The summed E-state index contributed by atoms with van der Waals surface area (Å²) in [5.74, 6) is -0.657. The summed E-state index contributed by atoms with van der Waals surface area (Å²) in [6.45, 7) is 0. The zero-order chi connectivity index (χ0) is 11.5. The molecule has 0 atom stereocenters. The first-order chi connectivity index (χ1) is 6.86. The zero-order valence-corrected chi connectivity index (χ0v) is 9.85. The van der Waals surface area contributed by atoms with Gasteiger partial charge in [-0.05, 0) is 25.7 Å². The molecule has 5 heteroatoms. The average Bonchev–Trinajstić information content (AvgIpc) is 2.51. The molecule has 1 rings (SSSR count). The molecule has 0 aromatic heterocycles. The highest BCUT2D eigenvalue weighted by atomic mass is 32.2. The molecule has 0 spiro atoms. The second-order valence-electron chi connectivity index (χ2n) is 4.53. The lowest BCUT2D eigenvalue weighted by atomic mass is 9.82. The molecular weight excluding hydrogens is 216 g/mol. The molecule has 0 heterocycles. The molecule has 1 saturated carbocycles. The summed E-state index contributed by atoms with van der Waals surface area (Å²) in [4.78, 5) is 11.1. The van der Waals surface area contributed by atoms with E-state index in [0.29, 0.717) is 25.7 Å². The number of hydrogen-bond acceptors (Lipinski definition) is 3. The van der Waals surface area contributed by atoms with Crippen LogP contribution in [0.4, 0.5) is 0 Å². The second kappa shape index (κ2) is 4.51. The van der Waals surface area contributed by atoms with Crippen LogP contribution in [0.5, 0.6) is 0 Å². The van der Waals surface area contributed by atoms with Crippen molar-refractivity contribution in [2.75, 3.05) is 12.0 Å². The number of rotatable bonds is 5. The van der Waals surface area contributed by atoms with Crippen LogP contribution in [0.25, 0.3) is 0 Å². The summed E-state index contributed by atoms with van der Waals surface area (Å²) in [6, 6.07) is 0. The third-order valence-corrected chi connectivity index (χ3v) is 4.22. The van der Waals surface area contributed by atoms with Gasteiger partial charge < -0.3 is 5.11 Å². The van der Waals surface area contributed by atoms with Gasteiger partial charge in [-0.1, -0.05) is 12.8 Å². The van der Waals surface area contributed by atoms with E-state index in [1.165, 1.54) is 6.26 Å². The normalized spacial score (nSPS) is 20.3. The summed E-state index contributed by atoms with van der Waals surface area (Å²) in [5, 5.41) is 9.14. The molecule has 1 fully saturated rings. The maximum absolute atomic E-state index is 11.1. The van der Waals surface area contributed by atoms with E-state index >= 15 is 0 Å². The lowest BCUT2D eigenvalue weighted by Crippen LogP contribution is -2.28. The van der Waals surface area contributed by atoms with Gasteiger partial charge >= 0.3 is 5.97 Å². The predicted octanol–water partition coefficient (Wildman–Crippen LogP) is 1.46. The maximum Gasteiger partial charge on any atom is 0.309 e. The molecule has 4 nitrogen and oxygen atoms in total. The van der Waals surface area contributed by atoms with Gasteiger partial charge in [-0.25, -0.2) is 8.42 Å². The van der Waals surface area contributed by atoms with Crippen LogP contribution in [-0.4, -0.2) is 31.5 Å². The molecule has 0 amide bonds. The van der Waals surface area contributed by atoms with Gasteiger partial charge in [0, 0.05) is 12.0 Å². The van der Waals surface area contributed by atoms with E-state index in [9.17, 15) is 13.2 Å². The first-order valence-corrected chi connectivity index (χ1v) is 7.33. The quantitative estimate of drug-likeness (QED) is 0.781. The van der Waals surface area contributed by atoms with Crippen LogP contribution in [0.1, 0.15) is 38.5 Å². The van der Waals surface area contributed by atoms with Gasteiger partial charge in [-0.15, -0.1) is 0 Å². The summed E-state index contributed by atoms with van der Waals surface area (Å²) in [5.41, 5.74) is -0.634. The molecule has 1 N–H and O–H groups in total. The fraction of sp³-hybridized carbons (Fsp3) is 0.900. The molecule has 0 unspecified atom stereocenters. The SMILES string of the molecule is CS(=O)(=O)CCCC1(C(=O)O)CCCC1. The third kappa shape index (κ3) is 3.48. The van der Waals surface area contributed by atoms with Crippen LogP contribution in [0.15, 0.2) is 0 Å². The lowest BCUT2D eigenvalue weighted by molar-refractivity contribution is -0.149. The van der Waals surface area contributed by atoms with Crippen molar-refractivity contribution in [2.24, 2.45) is 5.41 Å². The molecule has 0 aliphatic heterocycles. The van der Waals surface area contributed by atoms with Crippen LogP contribution in [-0.2, 0) is 14.6 Å². The molecule has 0 aromatic carbocycles. The van der Waals surface area contributed by atoms with Crippen molar-refractivity contribution in [3.8, 4) is 0 Å². The van der Waals surface area contributed by atoms with Gasteiger partial charge in [0.1, 0.15) is 9.84 Å². The largest absolute Gasteiger partial charge is 0.481 e. The molecular formula is C10H18O4S. The molecule has 0 radical (unpaired) electrons. The van der Waals surface area contributed by atoms with E-state index in [4.69, 9.17) is 5.11 Å². The van der Waals surface area contributed by atoms with Gasteiger partial charge in [0.25, 0.3) is 0 Å². The molecule has 0 bridgehead atoms. The van der Waals surface area contributed by atoms with Crippen molar-refractivity contribution in [1.82, 2.24) is 0 Å². The first kappa shape index (κ1) is 12.5. The van der Waals surface area contributed by atoms with Crippen molar-refractivity contribution >= 4 is 15.8 Å². The number of carbonyl (C=O) groups is 1. The molecule has 1 aliphatic carbocycles. The Morgan fingerprint density at radius 1 is 1.33 bits per heavy atom. The van der Waals surface area contributed by atoms with Crippen LogP contribution in [0.2, 0.25) is 0 Å². The highest BCUT2D eigenvalue weighted by molar-refractivity contribution is 7.90. The Morgan fingerprint density at radius 3 is 2.27 bits per heavy atom. The van der Waals surface area contributed by atoms with Crippen LogP contribution >= 0.6 is 0 Å². The van der Waals surface area contributed by atoms with Gasteiger partial charge in [0.15, 0.2) is 0 Å². The smallest absolute Gasteiger partial charge is 0.309 e. The Hall–Kier alpha value is -0.580. The Morgan fingerprint density at radius 2 is 1.87 bits per heavy atom. The fourth-order valence-corrected chi connectivity index (χ4v) is 2.96. The van der Waals surface area contributed by atoms with Crippen molar-refractivity contribution in [1.29, 1.82) is 0 Å². The standard InChI is InChI=1S/C10H18O4S/c1-15(13,14)8-4-7-10(9(11)12)5-2-3-6-10/h2-8H2,1H3,(H,11,12). The Bertz CT molecular complexity index is 325. The zero-order valence-electron chi connectivity index (χ0n) is 9.03. The predicted molar refractivity (Wildman–Crippen MR) is 57.5 cm³/mol. The number of carboxylic acid groups (broad SMARTS) is 1. The van der Waals surface area contributed by atoms with Crippen molar-refractivity contribution in [2.45, 2.75) is 38.5 Å². The van der Waals surface area contributed by atoms with Crippen LogP contribution < -0.4 is 0 Å². The molecule has 0 aromatic rings. The number of carboxylic acids is 1. The number of sulfone groups is 1. The van der Waals surface area contributed by atoms with E-state index in [0.717, 1.165) is 12.8 Å². The van der Waals surface area contributed by atoms with E-state index in [-0.39, 0.29) is 5.75 Å². The molecule has 0 saturated heterocycles. The van der Waals surface area contributed by atoms with Crippen molar-refractivity contribution in [3.05, 3.63) is 0 Å². The van der Waals surface area contributed by atoms with E-state index < -0.39 is 21.2 Å². The van der Waals surface area contributed by atoms with Crippen molar-refractivity contribution in [3.63, 3.8) is 0 Å². The summed E-state index contributed by atoms with van der Waals surface area (Å²) in [7, 11) is -2.96. The Kier molecular flexibility index (Phi) is 3.76. The van der Waals surface area contributed by atoms with E-state index in [1.807, 2.05) is 0 Å². The maximum atomic E-state index is 11.1. The molecule has 1 aliphatic rings. The Balaban J connectivity index is 2.50. The number of aliphatic carboxylic acids is 1. The molecule has 88 valence electrons. The fourth-order valence-electron chi connectivity index (χ4n) is 2.30. The topological polar surface area (TPSA) is 71.4 Å². The summed E-state index contributed by atoms with van der Waals surface area (Å²) in [6.07, 6.45) is 5.45. The van der Waals surface area contributed by atoms with Crippen LogP contribution in [0, 0.1) is 5.41 Å². The number of hydrogen-bond donors (Lipinski definition) is 1. The van der Waals surface area contributed by atoms with Crippen LogP contribution in [0.3, 0.4) is 0 Å². The lowest BCUT2D eigenvalue weighted by Gasteiger charge is -2.23. The highest BCUT2D eigenvalue weighted by Crippen LogP contribution is 2.42. The second-order valence-corrected chi connectivity index (χ2v) is 6.79. The minimum Gasteiger partial charge on any atom is -0.481 e.